The number of likely N-dealkylation sites (N-methyl/N-ethyl adjacent to an activating group) is 1. The summed E-state index contributed by atoms with van der Waals surface area (Å²) >= 11 is 0. The number of nitrogens with one attached hydrogen (secondary N) is 1. The molecule has 3 heteroatoms. The number of hydrogen-bond acceptors (Lipinski definition) is 3. The van der Waals surface area contributed by atoms with E-state index < -0.39 is 0 Å². The Morgan fingerprint density at radius 1 is 1.33 bits per heavy atom. The lowest BCUT2D eigenvalue weighted by Crippen LogP contribution is -2.59. The molecule has 0 bridgehead atoms. The molecule has 0 aromatic rings. The molecule has 3 nitrogen and oxygen atoms in total. The minimum atomic E-state index is -0.0601. The number of rotatable bonds is 10. The van der Waals surface area contributed by atoms with Gasteiger partial charge < -0.3 is 10.4 Å². The van der Waals surface area contributed by atoms with Crippen LogP contribution >= 0.6 is 0 Å². The topological polar surface area (TPSA) is 35.5 Å². The molecule has 2 atom stereocenters. The van der Waals surface area contributed by atoms with Crippen molar-refractivity contribution in [3.05, 3.63) is 0 Å². The van der Waals surface area contributed by atoms with Gasteiger partial charge in [0.25, 0.3) is 0 Å². The number of hydrogen-bond donors (Lipinski definition) is 2. The molecule has 1 aliphatic carbocycles. The first-order valence-electron chi connectivity index (χ1n) is 7.73. The SMILES string of the molecule is CCCNC(CO)(CN(CC)C(C)CC)C1CC1. The van der Waals surface area contributed by atoms with Gasteiger partial charge in [0.15, 0.2) is 0 Å². The lowest BCUT2D eigenvalue weighted by atomic mass is 9.92. The van der Waals surface area contributed by atoms with Crippen molar-refractivity contribution in [2.75, 3.05) is 26.2 Å². The van der Waals surface area contributed by atoms with Gasteiger partial charge in [0, 0.05) is 12.6 Å². The zero-order valence-corrected chi connectivity index (χ0v) is 12.7. The van der Waals surface area contributed by atoms with E-state index in [1.165, 1.54) is 19.3 Å². The van der Waals surface area contributed by atoms with Crippen LogP contribution in [0.1, 0.15) is 53.4 Å². The van der Waals surface area contributed by atoms with Crippen LogP contribution in [0, 0.1) is 5.92 Å². The highest BCUT2D eigenvalue weighted by Crippen LogP contribution is 2.40. The van der Waals surface area contributed by atoms with Crippen molar-refractivity contribution in [2.45, 2.75) is 65.0 Å². The van der Waals surface area contributed by atoms with Gasteiger partial charge in [0.2, 0.25) is 0 Å². The Morgan fingerprint density at radius 3 is 2.39 bits per heavy atom. The largest absolute Gasteiger partial charge is 0.394 e. The highest BCUT2D eigenvalue weighted by Gasteiger charge is 2.45. The van der Waals surface area contributed by atoms with Gasteiger partial charge in [-0.2, -0.15) is 0 Å². The highest BCUT2D eigenvalue weighted by molar-refractivity contribution is 5.03. The number of nitrogens with zero attached hydrogens (tertiary/aromatic N) is 1. The second kappa shape index (κ2) is 7.46. The molecule has 1 aliphatic rings. The van der Waals surface area contributed by atoms with Crippen LogP contribution in [-0.2, 0) is 0 Å². The van der Waals surface area contributed by atoms with Gasteiger partial charge in [-0.3, -0.25) is 4.90 Å². The molecule has 2 N–H and O–H groups in total. The second-order valence-electron chi connectivity index (χ2n) is 5.84. The molecule has 0 spiro atoms. The molecular formula is C15H32N2O. The summed E-state index contributed by atoms with van der Waals surface area (Å²) in [5.41, 5.74) is -0.0601. The fraction of sp³-hybridized carbons (Fsp3) is 1.00. The van der Waals surface area contributed by atoms with Crippen molar-refractivity contribution in [3.8, 4) is 0 Å². The van der Waals surface area contributed by atoms with Crippen LogP contribution in [0.3, 0.4) is 0 Å². The Hall–Kier alpha value is -0.120. The molecule has 0 radical (unpaired) electrons. The highest BCUT2D eigenvalue weighted by atomic mass is 16.3. The van der Waals surface area contributed by atoms with Crippen molar-refractivity contribution >= 4 is 0 Å². The average Bonchev–Trinajstić information content (AvgIpc) is 3.23. The molecular weight excluding hydrogens is 224 g/mol. The van der Waals surface area contributed by atoms with E-state index in [2.05, 4.69) is 37.9 Å². The molecule has 1 rings (SSSR count). The summed E-state index contributed by atoms with van der Waals surface area (Å²) in [7, 11) is 0. The minimum absolute atomic E-state index is 0.0601. The van der Waals surface area contributed by atoms with Crippen LogP contribution in [0.2, 0.25) is 0 Å². The third-order valence-corrected chi connectivity index (χ3v) is 4.47. The van der Waals surface area contributed by atoms with E-state index in [0.717, 1.165) is 26.1 Å². The molecule has 0 amide bonds. The molecule has 2 unspecified atom stereocenters. The first-order chi connectivity index (χ1) is 8.63. The van der Waals surface area contributed by atoms with E-state index >= 15 is 0 Å². The molecule has 0 aliphatic heterocycles. The second-order valence-corrected chi connectivity index (χ2v) is 5.84. The zero-order valence-electron chi connectivity index (χ0n) is 12.7. The summed E-state index contributed by atoms with van der Waals surface area (Å²) in [6.07, 6.45) is 4.85. The van der Waals surface area contributed by atoms with Crippen LogP contribution in [-0.4, -0.2) is 47.8 Å². The Bertz CT molecular complexity index is 231. The Balaban J connectivity index is 2.69. The normalized spacial score (nSPS) is 21.0. The number of aliphatic hydroxyl groups is 1. The molecule has 1 fully saturated rings. The maximum Gasteiger partial charge on any atom is 0.0628 e. The molecule has 108 valence electrons. The van der Waals surface area contributed by atoms with Gasteiger partial charge in [-0.25, -0.2) is 0 Å². The lowest BCUT2D eigenvalue weighted by molar-refractivity contribution is 0.0752. The van der Waals surface area contributed by atoms with E-state index in [1.54, 1.807) is 0 Å². The predicted octanol–water partition coefficient (Wildman–Crippen LogP) is 2.25. The van der Waals surface area contributed by atoms with Gasteiger partial charge in [-0.05, 0) is 51.6 Å². The Morgan fingerprint density at radius 2 is 2.00 bits per heavy atom. The van der Waals surface area contributed by atoms with E-state index in [9.17, 15) is 5.11 Å². The smallest absolute Gasteiger partial charge is 0.0628 e. The van der Waals surface area contributed by atoms with Crippen LogP contribution in [0.25, 0.3) is 0 Å². The summed E-state index contributed by atoms with van der Waals surface area (Å²) in [4.78, 5) is 2.51. The summed E-state index contributed by atoms with van der Waals surface area (Å²) in [5, 5.41) is 13.6. The van der Waals surface area contributed by atoms with Crippen molar-refractivity contribution < 1.29 is 5.11 Å². The molecule has 18 heavy (non-hydrogen) atoms. The van der Waals surface area contributed by atoms with Crippen molar-refractivity contribution in [2.24, 2.45) is 5.92 Å². The molecule has 0 saturated heterocycles. The standard InChI is InChI=1S/C15H32N2O/c1-5-10-16-15(12-18,14-8-9-14)11-17(7-3)13(4)6-2/h13-14,16,18H,5-12H2,1-4H3. The maximum atomic E-state index is 9.92. The predicted molar refractivity (Wildman–Crippen MR) is 77.8 cm³/mol. The Kier molecular flexibility index (Phi) is 6.61. The van der Waals surface area contributed by atoms with Gasteiger partial charge in [-0.15, -0.1) is 0 Å². The molecule has 0 aromatic heterocycles. The Labute approximate surface area is 113 Å². The van der Waals surface area contributed by atoms with Crippen LogP contribution in [0.15, 0.2) is 0 Å². The molecule has 1 saturated carbocycles. The summed E-state index contributed by atoms with van der Waals surface area (Å²) in [6, 6.07) is 0.600. The van der Waals surface area contributed by atoms with Crippen molar-refractivity contribution in [1.82, 2.24) is 10.2 Å². The first-order valence-corrected chi connectivity index (χ1v) is 7.73. The average molecular weight is 256 g/mol. The quantitative estimate of drug-likeness (QED) is 0.629. The van der Waals surface area contributed by atoms with E-state index in [1.807, 2.05) is 0 Å². The van der Waals surface area contributed by atoms with E-state index in [4.69, 9.17) is 0 Å². The minimum Gasteiger partial charge on any atom is -0.394 e. The van der Waals surface area contributed by atoms with E-state index in [0.29, 0.717) is 12.0 Å². The lowest BCUT2D eigenvalue weighted by Gasteiger charge is -2.40. The van der Waals surface area contributed by atoms with Crippen molar-refractivity contribution in [3.63, 3.8) is 0 Å². The summed E-state index contributed by atoms with van der Waals surface area (Å²) in [6.45, 7) is 12.3. The number of aliphatic hydroxyl groups excluding tert-OH is 1. The maximum absolute atomic E-state index is 9.92. The van der Waals surface area contributed by atoms with Crippen LogP contribution in [0.5, 0.6) is 0 Å². The molecule has 0 heterocycles. The third kappa shape index (κ3) is 3.94. The third-order valence-electron chi connectivity index (χ3n) is 4.47. The van der Waals surface area contributed by atoms with E-state index in [-0.39, 0.29) is 12.1 Å². The van der Waals surface area contributed by atoms with Crippen LogP contribution in [0.4, 0.5) is 0 Å². The van der Waals surface area contributed by atoms with Crippen molar-refractivity contribution in [1.29, 1.82) is 0 Å². The van der Waals surface area contributed by atoms with Gasteiger partial charge in [-0.1, -0.05) is 20.8 Å². The summed E-state index contributed by atoms with van der Waals surface area (Å²) < 4.78 is 0. The zero-order chi connectivity index (χ0) is 13.6. The van der Waals surface area contributed by atoms with Gasteiger partial charge >= 0.3 is 0 Å². The fourth-order valence-electron chi connectivity index (χ4n) is 2.77. The fourth-order valence-corrected chi connectivity index (χ4v) is 2.77. The monoisotopic (exact) mass is 256 g/mol. The molecule has 0 aromatic carbocycles. The van der Waals surface area contributed by atoms with Crippen LogP contribution < -0.4 is 5.32 Å². The summed E-state index contributed by atoms with van der Waals surface area (Å²) in [5.74, 6) is 0.673. The van der Waals surface area contributed by atoms with Gasteiger partial charge in [0.05, 0.1) is 12.1 Å². The first kappa shape index (κ1) is 15.9. The van der Waals surface area contributed by atoms with Gasteiger partial charge in [0.1, 0.15) is 0 Å².